The van der Waals surface area contributed by atoms with E-state index in [2.05, 4.69) is 22.2 Å². The summed E-state index contributed by atoms with van der Waals surface area (Å²) >= 11 is 0. The molecule has 0 fully saturated rings. The van der Waals surface area contributed by atoms with Crippen molar-refractivity contribution in [1.29, 1.82) is 0 Å². The summed E-state index contributed by atoms with van der Waals surface area (Å²) in [6.45, 7) is 0.445. The number of nitrogens with zero attached hydrogens (tertiary/aromatic N) is 2. The summed E-state index contributed by atoms with van der Waals surface area (Å²) in [7, 11) is 0. The van der Waals surface area contributed by atoms with Gasteiger partial charge in [-0.25, -0.2) is 0 Å². The molecule has 6 nitrogen and oxygen atoms in total. The molecule has 0 unspecified atom stereocenters. The standard InChI is InChI=1S/C31H26N2O4/c34-32-24-30(26-14-5-1-6-15-26,27-16-7-2-8-17-27)36-22-13-23-37-31(25-33-35,28-18-9-3-10-19-28)29-20-11-4-12-21-29/h1-12,14-21H,13,22-23H2. The van der Waals surface area contributed by atoms with Gasteiger partial charge in [-0.15, -0.1) is 0 Å². The van der Waals surface area contributed by atoms with E-state index in [4.69, 9.17) is 9.47 Å². The Morgan fingerprint density at radius 1 is 0.486 bits per heavy atom. The van der Waals surface area contributed by atoms with Crippen LogP contribution in [0.2, 0.25) is 0 Å². The number of ether oxygens (including phenoxy) is 2. The molecule has 0 bridgehead atoms. The molecule has 4 aromatic rings. The summed E-state index contributed by atoms with van der Waals surface area (Å²) in [6.07, 6.45) is 0.448. The third-order valence-corrected chi connectivity index (χ3v) is 6.05. The highest BCUT2D eigenvalue weighted by Crippen LogP contribution is 2.35. The van der Waals surface area contributed by atoms with Crippen LogP contribution in [0.5, 0.6) is 0 Å². The van der Waals surface area contributed by atoms with Crippen LogP contribution in [0.25, 0.3) is 10.0 Å². The van der Waals surface area contributed by atoms with Crippen LogP contribution in [0.4, 0.5) is 0 Å². The molecule has 0 aromatic heterocycles. The highest BCUT2D eigenvalue weighted by Gasteiger charge is 2.42. The molecule has 0 amide bonds. The van der Waals surface area contributed by atoms with E-state index in [9.17, 15) is 10.4 Å². The minimum atomic E-state index is -1.27. The van der Waals surface area contributed by atoms with E-state index in [0.717, 1.165) is 22.3 Å². The van der Waals surface area contributed by atoms with Crippen LogP contribution in [-0.4, -0.2) is 13.2 Å². The molecule has 0 saturated heterocycles. The van der Waals surface area contributed by atoms with Crippen LogP contribution in [-0.2, 0) is 20.7 Å². The molecule has 0 heterocycles. The minimum absolute atomic E-state index is 0.223. The molecule has 37 heavy (non-hydrogen) atoms. The predicted octanol–water partition coefficient (Wildman–Crippen LogP) is 6.96. The van der Waals surface area contributed by atoms with Crippen LogP contribution in [0.15, 0.2) is 121 Å². The van der Waals surface area contributed by atoms with Crippen molar-refractivity contribution in [3.63, 3.8) is 0 Å². The van der Waals surface area contributed by atoms with Crippen molar-refractivity contribution in [1.82, 2.24) is 0 Å². The second kappa shape index (κ2) is 12.4. The molecule has 0 radical (unpaired) electrons. The van der Waals surface area contributed by atoms with Gasteiger partial charge in [0.2, 0.25) is 0 Å². The highest BCUT2D eigenvalue weighted by molar-refractivity contribution is 5.45. The first-order valence-corrected chi connectivity index (χ1v) is 11.9. The number of hydrogen-bond acceptors (Lipinski definition) is 4. The van der Waals surface area contributed by atoms with Crippen molar-refractivity contribution in [2.75, 3.05) is 13.2 Å². The van der Waals surface area contributed by atoms with E-state index in [1.807, 2.05) is 121 Å². The zero-order valence-corrected chi connectivity index (χ0v) is 20.2. The van der Waals surface area contributed by atoms with Crippen molar-refractivity contribution in [3.05, 3.63) is 164 Å². The molecule has 0 aliphatic carbocycles. The van der Waals surface area contributed by atoms with Gasteiger partial charge in [0.15, 0.2) is 0 Å². The van der Waals surface area contributed by atoms with E-state index in [-0.39, 0.29) is 13.2 Å². The van der Waals surface area contributed by atoms with Gasteiger partial charge in [-0.05, 0) is 6.42 Å². The zero-order valence-electron chi connectivity index (χ0n) is 20.2. The van der Waals surface area contributed by atoms with Crippen LogP contribution in [0, 0.1) is 22.6 Å². The van der Waals surface area contributed by atoms with E-state index in [0.29, 0.717) is 6.42 Å². The number of rotatable bonds is 10. The zero-order chi connectivity index (χ0) is 25.8. The lowest BCUT2D eigenvalue weighted by atomic mass is 9.87. The van der Waals surface area contributed by atoms with Gasteiger partial charge in [-0.1, -0.05) is 121 Å². The largest absolute Gasteiger partial charge is 0.498 e. The van der Waals surface area contributed by atoms with Crippen molar-refractivity contribution in [2.45, 2.75) is 17.6 Å². The molecule has 4 aromatic carbocycles. The Morgan fingerprint density at radius 2 is 0.757 bits per heavy atom. The molecular formula is C31H26N2O4. The highest BCUT2D eigenvalue weighted by atomic mass is 16.5. The average Bonchev–Trinajstić information content (AvgIpc) is 2.97. The van der Waals surface area contributed by atoms with Crippen LogP contribution >= 0.6 is 0 Å². The summed E-state index contributed by atoms with van der Waals surface area (Å²) in [6, 6.07) is 42.8. The lowest BCUT2D eigenvalue weighted by molar-refractivity contribution is -0.0145. The summed E-state index contributed by atoms with van der Waals surface area (Å²) < 4.78 is 12.7. The molecule has 0 atom stereocenters. The Labute approximate surface area is 216 Å². The topological polar surface area (TPSA) is 73.3 Å². The second-order valence-corrected chi connectivity index (χ2v) is 8.28. The monoisotopic (exact) mass is 490 g/mol. The van der Waals surface area contributed by atoms with Crippen molar-refractivity contribution in [2.24, 2.45) is 0 Å². The molecule has 0 N–H and O–H groups in total. The number of benzene rings is 4. The fourth-order valence-electron chi connectivity index (χ4n) is 4.32. The van der Waals surface area contributed by atoms with Gasteiger partial charge in [0.05, 0.1) is 13.2 Å². The molecule has 184 valence electrons. The van der Waals surface area contributed by atoms with Gasteiger partial charge < -0.3 is 19.9 Å². The van der Waals surface area contributed by atoms with Gasteiger partial charge in [0.25, 0.3) is 11.2 Å². The maximum absolute atomic E-state index is 11.5. The van der Waals surface area contributed by atoms with Crippen LogP contribution in [0.3, 0.4) is 0 Å². The minimum Gasteiger partial charge on any atom is -0.498 e. The first-order chi connectivity index (χ1) is 18.2. The first kappa shape index (κ1) is 25.5. The fraction of sp³-hybridized carbons (Fsp3) is 0.161. The Morgan fingerprint density at radius 3 is 1.00 bits per heavy atom. The summed E-state index contributed by atoms with van der Waals surface area (Å²) in [4.78, 5) is 0. The van der Waals surface area contributed by atoms with Gasteiger partial charge >= 0.3 is 12.1 Å². The average molecular weight is 491 g/mol. The van der Waals surface area contributed by atoms with E-state index in [1.54, 1.807) is 0 Å². The third kappa shape index (κ3) is 5.63. The second-order valence-electron chi connectivity index (χ2n) is 8.28. The fourth-order valence-corrected chi connectivity index (χ4v) is 4.32. The van der Waals surface area contributed by atoms with Gasteiger partial charge in [-0.2, -0.15) is 0 Å². The molecule has 0 spiro atoms. The first-order valence-electron chi connectivity index (χ1n) is 11.9. The SMILES string of the molecule is [O-][N+]#CC(OCCCOC(C#[N+][O-])(c1ccccc1)c1ccccc1)(c1ccccc1)c1ccccc1. The summed E-state index contributed by atoms with van der Waals surface area (Å²) in [5, 5.41) is 28.9. The molecular weight excluding hydrogens is 464 g/mol. The van der Waals surface area contributed by atoms with E-state index < -0.39 is 11.2 Å². The van der Waals surface area contributed by atoms with Crippen LogP contribution < -0.4 is 0 Å². The normalized spacial score (nSPS) is 11.0. The lowest BCUT2D eigenvalue weighted by Gasteiger charge is -2.27. The van der Waals surface area contributed by atoms with Gasteiger partial charge in [-0.3, -0.25) is 0 Å². The Kier molecular flexibility index (Phi) is 8.52. The maximum Gasteiger partial charge on any atom is 0.344 e. The quantitative estimate of drug-likeness (QED) is 0.178. The van der Waals surface area contributed by atoms with Crippen molar-refractivity contribution in [3.8, 4) is 12.1 Å². The predicted molar refractivity (Wildman–Crippen MR) is 145 cm³/mol. The lowest BCUT2D eigenvalue weighted by Crippen LogP contribution is -2.32. The summed E-state index contributed by atoms with van der Waals surface area (Å²) in [5.41, 5.74) is 0.381. The smallest absolute Gasteiger partial charge is 0.344 e. The molecule has 4 rings (SSSR count). The molecule has 0 saturated carbocycles. The molecule has 6 heteroatoms. The Hall–Kier alpha value is -4.62. The Balaban J connectivity index is 1.57. The molecule has 0 aliphatic rings. The van der Waals surface area contributed by atoms with E-state index >= 15 is 0 Å². The van der Waals surface area contributed by atoms with E-state index in [1.165, 1.54) is 0 Å². The maximum atomic E-state index is 11.5. The summed E-state index contributed by atoms with van der Waals surface area (Å²) in [5.74, 6) is 0. The van der Waals surface area contributed by atoms with Gasteiger partial charge in [0.1, 0.15) is 0 Å². The third-order valence-electron chi connectivity index (χ3n) is 6.05. The Bertz CT molecular complexity index is 1190. The van der Waals surface area contributed by atoms with Crippen molar-refractivity contribution < 1.29 is 9.47 Å². The van der Waals surface area contributed by atoms with Crippen molar-refractivity contribution >= 4 is 0 Å². The van der Waals surface area contributed by atoms with Crippen LogP contribution in [0.1, 0.15) is 28.7 Å². The number of hydrogen-bond donors (Lipinski definition) is 0. The molecule has 0 aliphatic heterocycles. The van der Waals surface area contributed by atoms with Gasteiger partial charge in [0, 0.05) is 32.3 Å².